The molecule has 92 valence electrons. The van der Waals surface area contributed by atoms with Gasteiger partial charge < -0.3 is 4.90 Å². The van der Waals surface area contributed by atoms with Crippen molar-refractivity contribution >= 4 is 23.2 Å². The van der Waals surface area contributed by atoms with Crippen molar-refractivity contribution in [3.8, 4) is 0 Å². The van der Waals surface area contributed by atoms with Gasteiger partial charge in [0, 0.05) is 20.2 Å². The Morgan fingerprint density at radius 3 is 2.53 bits per heavy atom. The van der Waals surface area contributed by atoms with Crippen molar-refractivity contribution in [2.75, 3.05) is 14.1 Å². The molecular weight excluding hydrogens is 244 g/mol. The van der Waals surface area contributed by atoms with E-state index >= 15 is 0 Å². The highest BCUT2D eigenvalue weighted by molar-refractivity contribution is 6.33. The number of amides is 1. The summed E-state index contributed by atoms with van der Waals surface area (Å²) in [5.74, 6) is -0.0713. The summed E-state index contributed by atoms with van der Waals surface area (Å²) >= 11 is 5.89. The molecule has 0 bridgehead atoms. The second-order valence-electron chi connectivity index (χ2n) is 3.90. The minimum Gasteiger partial charge on any atom is -0.349 e. The zero-order chi connectivity index (χ0) is 13.2. The Morgan fingerprint density at radius 2 is 2.06 bits per heavy atom. The molecule has 0 aliphatic rings. The summed E-state index contributed by atoms with van der Waals surface area (Å²) < 4.78 is 0. The van der Waals surface area contributed by atoms with E-state index in [4.69, 9.17) is 11.6 Å². The molecule has 0 unspecified atom stereocenters. The van der Waals surface area contributed by atoms with Crippen LogP contribution >= 0.6 is 11.6 Å². The number of nitrogens with zero attached hydrogens (tertiary/aromatic N) is 2. The zero-order valence-electron chi connectivity index (χ0n) is 9.86. The lowest BCUT2D eigenvalue weighted by atomic mass is 10.0. The van der Waals surface area contributed by atoms with Gasteiger partial charge in [-0.15, -0.1) is 0 Å². The summed E-state index contributed by atoms with van der Waals surface area (Å²) in [7, 11) is 3.31. The molecule has 1 rings (SSSR count). The Morgan fingerprint density at radius 1 is 1.47 bits per heavy atom. The predicted molar refractivity (Wildman–Crippen MR) is 65.2 cm³/mol. The fourth-order valence-corrected chi connectivity index (χ4v) is 1.62. The van der Waals surface area contributed by atoms with Crippen LogP contribution in [0.5, 0.6) is 0 Å². The lowest BCUT2D eigenvalue weighted by molar-refractivity contribution is -0.384. The van der Waals surface area contributed by atoms with Crippen molar-refractivity contribution in [2.45, 2.75) is 13.3 Å². The second-order valence-corrected chi connectivity index (χ2v) is 4.28. The molecular formula is C11H13ClN2O3. The highest BCUT2D eigenvalue weighted by atomic mass is 35.5. The predicted octanol–water partition coefficient (Wildman–Crippen LogP) is 2.19. The smallest absolute Gasteiger partial charge is 0.288 e. The maximum absolute atomic E-state index is 11.5. The third-order valence-corrected chi connectivity index (χ3v) is 2.99. The van der Waals surface area contributed by atoms with Crippen molar-refractivity contribution in [1.29, 1.82) is 0 Å². The molecule has 0 N–H and O–H groups in total. The number of rotatable bonds is 3. The maximum Gasteiger partial charge on any atom is 0.288 e. The van der Waals surface area contributed by atoms with Crippen LogP contribution in [-0.2, 0) is 11.2 Å². The van der Waals surface area contributed by atoms with Crippen molar-refractivity contribution < 1.29 is 9.72 Å². The summed E-state index contributed by atoms with van der Waals surface area (Å²) in [6, 6.07) is 2.90. The number of benzene rings is 1. The molecule has 0 fully saturated rings. The van der Waals surface area contributed by atoms with Crippen LogP contribution in [0.1, 0.15) is 11.1 Å². The topological polar surface area (TPSA) is 63.5 Å². The minimum atomic E-state index is -0.535. The van der Waals surface area contributed by atoms with Gasteiger partial charge in [0.1, 0.15) is 5.02 Å². The van der Waals surface area contributed by atoms with E-state index in [1.165, 1.54) is 11.0 Å². The van der Waals surface area contributed by atoms with Crippen LogP contribution in [0.4, 0.5) is 5.69 Å². The summed E-state index contributed by atoms with van der Waals surface area (Å²) in [6.45, 7) is 1.67. The van der Waals surface area contributed by atoms with Crippen molar-refractivity contribution in [1.82, 2.24) is 4.90 Å². The number of hydrogen-bond donors (Lipinski definition) is 0. The lowest BCUT2D eigenvalue weighted by Crippen LogP contribution is -2.23. The Kier molecular flexibility index (Phi) is 4.07. The number of carbonyl (C=O) groups is 1. The molecule has 1 aromatic rings. The van der Waals surface area contributed by atoms with Gasteiger partial charge in [0.15, 0.2) is 0 Å². The first-order valence-electron chi connectivity index (χ1n) is 4.97. The molecule has 0 aliphatic carbocycles. The van der Waals surface area contributed by atoms with Gasteiger partial charge in [-0.05, 0) is 18.1 Å². The largest absolute Gasteiger partial charge is 0.349 e. The van der Waals surface area contributed by atoms with E-state index in [1.54, 1.807) is 27.1 Å². The summed E-state index contributed by atoms with van der Waals surface area (Å²) in [5, 5.41) is 10.8. The van der Waals surface area contributed by atoms with Crippen LogP contribution in [0.3, 0.4) is 0 Å². The molecule has 0 spiro atoms. The van der Waals surface area contributed by atoms with Crippen molar-refractivity contribution in [3.63, 3.8) is 0 Å². The molecule has 0 radical (unpaired) electrons. The summed E-state index contributed by atoms with van der Waals surface area (Å²) in [6.07, 6.45) is 0.191. The maximum atomic E-state index is 11.5. The molecule has 0 saturated heterocycles. The van der Waals surface area contributed by atoms with Gasteiger partial charge in [-0.1, -0.05) is 17.7 Å². The molecule has 1 aromatic carbocycles. The number of likely N-dealkylation sites (N-methyl/N-ethyl adjacent to an activating group) is 1. The van der Waals surface area contributed by atoms with Crippen LogP contribution in [0.15, 0.2) is 12.1 Å². The molecule has 0 atom stereocenters. The first-order valence-corrected chi connectivity index (χ1v) is 5.35. The van der Waals surface area contributed by atoms with Gasteiger partial charge in [-0.2, -0.15) is 0 Å². The van der Waals surface area contributed by atoms with Crippen LogP contribution in [0.25, 0.3) is 0 Å². The van der Waals surface area contributed by atoms with Crippen LogP contribution in [0, 0.1) is 17.0 Å². The fraction of sp³-hybridized carbons (Fsp3) is 0.364. The highest BCUT2D eigenvalue weighted by Gasteiger charge is 2.18. The van der Waals surface area contributed by atoms with Gasteiger partial charge in [0.25, 0.3) is 5.69 Å². The van der Waals surface area contributed by atoms with Gasteiger partial charge in [0.2, 0.25) is 5.91 Å². The summed E-state index contributed by atoms with van der Waals surface area (Å²) in [4.78, 5) is 23.1. The average Bonchev–Trinajstić information content (AvgIpc) is 2.24. The van der Waals surface area contributed by atoms with E-state index in [2.05, 4.69) is 0 Å². The molecule has 17 heavy (non-hydrogen) atoms. The number of nitro groups is 1. The van der Waals surface area contributed by atoms with Gasteiger partial charge >= 0.3 is 0 Å². The first-order chi connectivity index (χ1) is 7.84. The number of nitro benzene ring substituents is 1. The number of halogens is 1. The van der Waals surface area contributed by atoms with Gasteiger partial charge in [0.05, 0.1) is 11.3 Å². The molecule has 1 amide bonds. The quantitative estimate of drug-likeness (QED) is 0.615. The Bertz CT molecular complexity index is 472. The third-order valence-electron chi connectivity index (χ3n) is 2.52. The van der Waals surface area contributed by atoms with Crippen LogP contribution in [0.2, 0.25) is 5.02 Å². The molecule has 0 heterocycles. The third kappa shape index (κ3) is 2.94. The van der Waals surface area contributed by atoms with E-state index < -0.39 is 4.92 Å². The molecule has 0 aromatic heterocycles. The Hall–Kier alpha value is -1.62. The van der Waals surface area contributed by atoms with E-state index in [0.29, 0.717) is 11.1 Å². The SMILES string of the molecule is Cc1c(CC(=O)N(C)C)ccc([N+](=O)[O-])c1Cl. The van der Waals surface area contributed by atoms with Crippen molar-refractivity contribution in [3.05, 3.63) is 38.4 Å². The van der Waals surface area contributed by atoms with Gasteiger partial charge in [-0.25, -0.2) is 0 Å². The van der Waals surface area contributed by atoms with E-state index in [9.17, 15) is 14.9 Å². The second kappa shape index (κ2) is 5.14. The molecule has 0 aliphatic heterocycles. The highest BCUT2D eigenvalue weighted by Crippen LogP contribution is 2.30. The standard InChI is InChI=1S/C11H13ClN2O3/c1-7-8(6-10(15)13(2)3)4-5-9(11(7)12)14(16)17/h4-5H,6H2,1-3H3. The molecule has 5 nitrogen and oxygen atoms in total. The summed E-state index contributed by atoms with van der Waals surface area (Å²) in [5.41, 5.74) is 1.15. The average molecular weight is 257 g/mol. The Balaban J connectivity index is 3.09. The van der Waals surface area contributed by atoms with E-state index in [0.717, 1.165) is 0 Å². The zero-order valence-corrected chi connectivity index (χ0v) is 10.6. The van der Waals surface area contributed by atoms with Crippen molar-refractivity contribution in [2.24, 2.45) is 0 Å². The Labute approximate surface area is 104 Å². The lowest BCUT2D eigenvalue weighted by Gasteiger charge is -2.12. The normalized spacial score (nSPS) is 10.1. The minimum absolute atomic E-state index is 0.0713. The fourth-order valence-electron chi connectivity index (χ4n) is 1.36. The first kappa shape index (κ1) is 13.4. The molecule has 0 saturated carbocycles. The monoisotopic (exact) mass is 256 g/mol. The van der Waals surface area contributed by atoms with Gasteiger partial charge in [-0.3, -0.25) is 14.9 Å². The van der Waals surface area contributed by atoms with E-state index in [1.807, 2.05) is 0 Å². The van der Waals surface area contributed by atoms with E-state index in [-0.39, 0.29) is 23.0 Å². The molecule has 6 heteroatoms. The van der Waals surface area contributed by atoms with Crippen LogP contribution < -0.4 is 0 Å². The van der Waals surface area contributed by atoms with Crippen LogP contribution in [-0.4, -0.2) is 29.8 Å². The number of hydrogen-bond acceptors (Lipinski definition) is 3. The number of carbonyl (C=O) groups excluding carboxylic acids is 1.